The van der Waals surface area contributed by atoms with Crippen LogP contribution in [-0.2, 0) is 11.2 Å². The third kappa shape index (κ3) is 3.81. The third-order valence-corrected chi connectivity index (χ3v) is 2.62. The van der Waals surface area contributed by atoms with Crippen LogP contribution < -0.4 is 5.32 Å². The molecule has 0 heterocycles. The maximum absolute atomic E-state index is 13.4. The molecule has 0 aliphatic rings. The fourth-order valence-electron chi connectivity index (χ4n) is 1.27. The van der Waals surface area contributed by atoms with Gasteiger partial charge in [0.05, 0.1) is 6.42 Å². The van der Waals surface area contributed by atoms with Crippen molar-refractivity contribution in [2.75, 3.05) is 0 Å². The number of nitrogens with one attached hydrogen (secondary N) is 1. The standard InChI is InChI=1S/C12H15ClFNO/c1-3-8(2)15-12(16)6-9-4-5-10(13)7-11(9)14/h4-5,7-8H,3,6H2,1-2H3,(H,15,16)/t8-/m0/s1. The van der Waals surface area contributed by atoms with Gasteiger partial charge in [-0.3, -0.25) is 4.79 Å². The Balaban J connectivity index is 2.63. The minimum absolute atomic E-state index is 0.0490. The largest absolute Gasteiger partial charge is 0.353 e. The fourth-order valence-corrected chi connectivity index (χ4v) is 1.42. The molecule has 0 bridgehead atoms. The van der Waals surface area contributed by atoms with Gasteiger partial charge in [-0.2, -0.15) is 0 Å². The number of benzene rings is 1. The van der Waals surface area contributed by atoms with Crippen LogP contribution in [0, 0.1) is 5.82 Å². The van der Waals surface area contributed by atoms with Crippen molar-refractivity contribution in [2.24, 2.45) is 0 Å². The van der Waals surface area contributed by atoms with Gasteiger partial charge in [-0.25, -0.2) is 4.39 Å². The van der Waals surface area contributed by atoms with E-state index in [0.717, 1.165) is 6.42 Å². The minimum Gasteiger partial charge on any atom is -0.353 e. The van der Waals surface area contributed by atoms with E-state index >= 15 is 0 Å². The summed E-state index contributed by atoms with van der Waals surface area (Å²) >= 11 is 5.62. The predicted molar refractivity (Wildman–Crippen MR) is 63.0 cm³/mol. The summed E-state index contributed by atoms with van der Waals surface area (Å²) in [4.78, 5) is 11.5. The van der Waals surface area contributed by atoms with Gasteiger partial charge >= 0.3 is 0 Å². The van der Waals surface area contributed by atoms with Crippen LogP contribution in [0.2, 0.25) is 5.02 Å². The molecule has 1 N–H and O–H groups in total. The summed E-state index contributed by atoms with van der Waals surface area (Å²) < 4.78 is 13.4. The van der Waals surface area contributed by atoms with Crippen molar-refractivity contribution in [3.8, 4) is 0 Å². The second-order valence-corrected chi connectivity index (χ2v) is 4.23. The van der Waals surface area contributed by atoms with Crippen molar-refractivity contribution in [2.45, 2.75) is 32.7 Å². The highest BCUT2D eigenvalue weighted by Crippen LogP contribution is 2.15. The molecule has 1 aromatic rings. The molecule has 1 atom stereocenters. The molecule has 1 rings (SSSR count). The van der Waals surface area contributed by atoms with E-state index in [1.807, 2.05) is 13.8 Å². The van der Waals surface area contributed by atoms with Crippen LogP contribution in [0.15, 0.2) is 18.2 Å². The van der Waals surface area contributed by atoms with Gasteiger partial charge < -0.3 is 5.32 Å². The average molecular weight is 244 g/mol. The molecule has 0 unspecified atom stereocenters. The van der Waals surface area contributed by atoms with Crippen molar-refractivity contribution in [3.63, 3.8) is 0 Å². The summed E-state index contributed by atoms with van der Waals surface area (Å²) in [7, 11) is 0. The fraction of sp³-hybridized carbons (Fsp3) is 0.417. The molecule has 2 nitrogen and oxygen atoms in total. The summed E-state index contributed by atoms with van der Waals surface area (Å²) in [5.74, 6) is -0.609. The lowest BCUT2D eigenvalue weighted by atomic mass is 10.1. The van der Waals surface area contributed by atoms with Crippen LogP contribution >= 0.6 is 11.6 Å². The van der Waals surface area contributed by atoms with E-state index < -0.39 is 5.82 Å². The maximum Gasteiger partial charge on any atom is 0.224 e. The molecule has 0 spiro atoms. The normalized spacial score (nSPS) is 12.2. The van der Waals surface area contributed by atoms with Crippen LogP contribution in [0.25, 0.3) is 0 Å². The van der Waals surface area contributed by atoms with Crippen LogP contribution in [0.4, 0.5) is 4.39 Å². The molecule has 0 fully saturated rings. The molecule has 88 valence electrons. The first-order chi connectivity index (χ1) is 7.52. The SMILES string of the molecule is CC[C@H](C)NC(=O)Cc1ccc(Cl)cc1F. The molecule has 0 aromatic heterocycles. The van der Waals surface area contributed by atoms with Crippen LogP contribution in [0.5, 0.6) is 0 Å². The topological polar surface area (TPSA) is 29.1 Å². The Bertz CT molecular complexity index is 381. The van der Waals surface area contributed by atoms with Crippen LogP contribution in [-0.4, -0.2) is 11.9 Å². The first-order valence-corrected chi connectivity index (χ1v) is 5.64. The molecule has 4 heteroatoms. The lowest BCUT2D eigenvalue weighted by Gasteiger charge is -2.11. The monoisotopic (exact) mass is 243 g/mol. The quantitative estimate of drug-likeness (QED) is 0.866. The van der Waals surface area contributed by atoms with Crippen molar-refractivity contribution >= 4 is 17.5 Å². The van der Waals surface area contributed by atoms with E-state index in [1.165, 1.54) is 12.1 Å². The third-order valence-electron chi connectivity index (χ3n) is 2.39. The molecule has 1 aromatic carbocycles. The minimum atomic E-state index is -0.438. The Morgan fingerprint density at radius 2 is 2.25 bits per heavy atom. The highest BCUT2D eigenvalue weighted by molar-refractivity contribution is 6.30. The number of amides is 1. The molecule has 1 amide bonds. The molecular formula is C12H15ClFNO. The molecule has 0 saturated carbocycles. The smallest absolute Gasteiger partial charge is 0.224 e. The Hall–Kier alpha value is -1.09. The van der Waals surface area contributed by atoms with Gasteiger partial charge in [0, 0.05) is 11.1 Å². The summed E-state index contributed by atoms with van der Waals surface area (Å²) in [6.07, 6.45) is 0.905. The second kappa shape index (κ2) is 5.85. The number of hydrogen-bond donors (Lipinski definition) is 1. The van der Waals surface area contributed by atoms with Crippen LogP contribution in [0.3, 0.4) is 0 Å². The van der Waals surface area contributed by atoms with E-state index in [9.17, 15) is 9.18 Å². The average Bonchev–Trinajstić information content (AvgIpc) is 2.22. The number of carbonyl (C=O) groups is 1. The van der Waals surface area contributed by atoms with Gasteiger partial charge in [-0.1, -0.05) is 24.6 Å². The van der Waals surface area contributed by atoms with Crippen LogP contribution in [0.1, 0.15) is 25.8 Å². The highest BCUT2D eigenvalue weighted by Gasteiger charge is 2.10. The maximum atomic E-state index is 13.4. The number of halogens is 2. The Labute approximate surface area is 99.8 Å². The van der Waals surface area contributed by atoms with E-state index in [-0.39, 0.29) is 18.4 Å². The molecule has 0 radical (unpaired) electrons. The van der Waals surface area contributed by atoms with Gasteiger partial charge in [0.1, 0.15) is 5.82 Å². The Morgan fingerprint density at radius 1 is 1.56 bits per heavy atom. The van der Waals surface area contributed by atoms with Gasteiger partial charge in [0.15, 0.2) is 0 Å². The zero-order valence-electron chi connectivity index (χ0n) is 9.39. The summed E-state index contributed by atoms with van der Waals surface area (Å²) in [5, 5.41) is 3.12. The van der Waals surface area contributed by atoms with Crippen molar-refractivity contribution in [1.82, 2.24) is 5.32 Å². The van der Waals surface area contributed by atoms with E-state index in [0.29, 0.717) is 10.6 Å². The zero-order valence-corrected chi connectivity index (χ0v) is 10.1. The van der Waals surface area contributed by atoms with Gasteiger partial charge in [-0.15, -0.1) is 0 Å². The lowest BCUT2D eigenvalue weighted by Crippen LogP contribution is -2.33. The number of hydrogen-bond acceptors (Lipinski definition) is 1. The van der Waals surface area contributed by atoms with Gasteiger partial charge in [-0.05, 0) is 31.0 Å². The zero-order chi connectivity index (χ0) is 12.1. The number of carbonyl (C=O) groups excluding carboxylic acids is 1. The summed E-state index contributed by atoms with van der Waals surface area (Å²) in [6.45, 7) is 3.89. The van der Waals surface area contributed by atoms with Gasteiger partial charge in [0.2, 0.25) is 5.91 Å². The first kappa shape index (κ1) is 13.0. The summed E-state index contributed by atoms with van der Waals surface area (Å²) in [5.41, 5.74) is 0.366. The Morgan fingerprint density at radius 3 is 2.81 bits per heavy atom. The molecular weight excluding hydrogens is 229 g/mol. The van der Waals surface area contributed by atoms with E-state index in [1.54, 1.807) is 6.07 Å². The summed E-state index contributed by atoms with van der Waals surface area (Å²) in [6, 6.07) is 4.44. The van der Waals surface area contributed by atoms with Crippen molar-refractivity contribution in [3.05, 3.63) is 34.6 Å². The van der Waals surface area contributed by atoms with Crippen molar-refractivity contribution < 1.29 is 9.18 Å². The second-order valence-electron chi connectivity index (χ2n) is 3.79. The number of rotatable bonds is 4. The molecule has 0 aliphatic heterocycles. The van der Waals surface area contributed by atoms with Crippen molar-refractivity contribution in [1.29, 1.82) is 0 Å². The Kier molecular flexibility index (Phi) is 4.74. The molecule has 16 heavy (non-hydrogen) atoms. The van der Waals surface area contributed by atoms with E-state index in [4.69, 9.17) is 11.6 Å². The lowest BCUT2D eigenvalue weighted by molar-refractivity contribution is -0.121. The first-order valence-electron chi connectivity index (χ1n) is 5.26. The highest BCUT2D eigenvalue weighted by atomic mass is 35.5. The molecule has 0 saturated heterocycles. The van der Waals surface area contributed by atoms with E-state index in [2.05, 4.69) is 5.32 Å². The molecule has 0 aliphatic carbocycles. The predicted octanol–water partition coefficient (Wildman–Crippen LogP) is 2.94. The van der Waals surface area contributed by atoms with Gasteiger partial charge in [0.25, 0.3) is 0 Å².